The van der Waals surface area contributed by atoms with Crippen molar-refractivity contribution in [3.05, 3.63) is 59.9 Å². The van der Waals surface area contributed by atoms with E-state index >= 15 is 0 Å². The zero-order valence-electron chi connectivity index (χ0n) is 18.9. The summed E-state index contributed by atoms with van der Waals surface area (Å²) in [5.74, 6) is -2.19. The van der Waals surface area contributed by atoms with Crippen molar-refractivity contribution in [1.82, 2.24) is 25.5 Å². The highest BCUT2D eigenvalue weighted by Gasteiger charge is 2.28. The van der Waals surface area contributed by atoms with Gasteiger partial charge in [0.25, 0.3) is 17.7 Å². The van der Waals surface area contributed by atoms with Gasteiger partial charge in [-0.1, -0.05) is 26.0 Å². The van der Waals surface area contributed by atoms with Gasteiger partial charge in [0.15, 0.2) is 0 Å². The van der Waals surface area contributed by atoms with Gasteiger partial charge in [0, 0.05) is 24.8 Å². The lowest BCUT2D eigenvalue weighted by Crippen LogP contribution is -2.54. The van der Waals surface area contributed by atoms with Crippen LogP contribution in [0, 0.1) is 5.92 Å². The van der Waals surface area contributed by atoms with Gasteiger partial charge in [0.05, 0.1) is 18.1 Å². The van der Waals surface area contributed by atoms with Crippen LogP contribution in [0.25, 0.3) is 0 Å². The summed E-state index contributed by atoms with van der Waals surface area (Å²) in [6.07, 6.45) is 1.45. The first-order valence-electron chi connectivity index (χ1n) is 10.7. The minimum absolute atomic E-state index is 0.0183. The summed E-state index contributed by atoms with van der Waals surface area (Å²) in [4.78, 5) is 41.5. The molecule has 3 amide bonds. The Morgan fingerprint density at radius 1 is 1.00 bits per heavy atom. The van der Waals surface area contributed by atoms with E-state index in [9.17, 15) is 22.8 Å². The molecule has 1 fully saturated rings. The van der Waals surface area contributed by atoms with Crippen LogP contribution in [-0.2, 0) is 19.6 Å². The maximum Gasteiger partial charge on any atom is 0.288 e. The molecule has 11 nitrogen and oxygen atoms in total. The van der Waals surface area contributed by atoms with Crippen LogP contribution in [-0.4, -0.2) is 67.8 Å². The number of nitrogens with one attached hydrogen (secondary N) is 3. The number of nitrogens with zero attached hydrogens (tertiary/aromatic N) is 2. The molecule has 34 heavy (non-hydrogen) atoms. The van der Waals surface area contributed by atoms with Gasteiger partial charge in [-0.05, 0) is 36.2 Å². The number of hydrogen-bond acceptors (Lipinski definition) is 7. The van der Waals surface area contributed by atoms with Crippen molar-refractivity contribution in [2.75, 3.05) is 26.3 Å². The van der Waals surface area contributed by atoms with Crippen LogP contribution in [0.5, 0.6) is 0 Å². The molecule has 0 saturated carbocycles. The summed E-state index contributed by atoms with van der Waals surface area (Å²) in [6.45, 7) is 4.54. The van der Waals surface area contributed by atoms with E-state index in [1.807, 2.05) is 0 Å². The van der Waals surface area contributed by atoms with E-state index in [-0.39, 0.29) is 35.2 Å². The third-order valence-corrected chi connectivity index (χ3v) is 7.03. The summed E-state index contributed by atoms with van der Waals surface area (Å²) in [5, 5.41) is 2.61. The second kappa shape index (κ2) is 11.2. The standard InChI is InChI=1S/C22H27N5O6S/c1-15(2)19(22(30)26-25-21(29)18-8-3-4-9-23-18)24-20(28)16-6-5-7-17(14-16)34(31,32)27-10-12-33-13-11-27/h3-9,14-15,19H,10-13H2,1-2H3,(H,24,28)(H,25,29)(H,26,30)/t19-/m0/s1. The fraction of sp³-hybridized carbons (Fsp3) is 0.364. The maximum atomic E-state index is 12.9. The molecule has 0 aliphatic carbocycles. The van der Waals surface area contributed by atoms with Crippen molar-refractivity contribution in [2.24, 2.45) is 5.92 Å². The molecule has 12 heteroatoms. The quantitative estimate of drug-likeness (QED) is 0.475. The average Bonchev–Trinajstić information content (AvgIpc) is 2.86. The summed E-state index contributed by atoms with van der Waals surface area (Å²) >= 11 is 0. The monoisotopic (exact) mass is 489 g/mol. The van der Waals surface area contributed by atoms with Crippen LogP contribution in [0.4, 0.5) is 0 Å². The number of hydrogen-bond donors (Lipinski definition) is 3. The maximum absolute atomic E-state index is 12.9. The molecule has 3 N–H and O–H groups in total. The van der Waals surface area contributed by atoms with Crippen molar-refractivity contribution in [3.63, 3.8) is 0 Å². The number of ether oxygens (including phenoxy) is 1. The molecule has 3 rings (SSSR count). The van der Waals surface area contributed by atoms with Crippen molar-refractivity contribution in [2.45, 2.75) is 24.8 Å². The second-order valence-electron chi connectivity index (χ2n) is 7.90. The zero-order valence-corrected chi connectivity index (χ0v) is 19.7. The summed E-state index contributed by atoms with van der Waals surface area (Å²) in [7, 11) is -3.78. The fourth-order valence-electron chi connectivity index (χ4n) is 3.25. The highest BCUT2D eigenvalue weighted by Crippen LogP contribution is 2.18. The SMILES string of the molecule is CC(C)[C@H](NC(=O)c1cccc(S(=O)(=O)N2CCOCC2)c1)C(=O)NNC(=O)c1ccccn1. The molecule has 1 aromatic carbocycles. The van der Waals surface area contributed by atoms with Crippen molar-refractivity contribution in [3.8, 4) is 0 Å². The summed E-state index contributed by atoms with van der Waals surface area (Å²) in [5.41, 5.74) is 4.76. The molecule has 1 saturated heterocycles. The Kier molecular flexibility index (Phi) is 8.31. The lowest BCUT2D eigenvalue weighted by atomic mass is 10.0. The summed E-state index contributed by atoms with van der Waals surface area (Å²) < 4.78 is 32.3. The first-order chi connectivity index (χ1) is 16.2. The van der Waals surface area contributed by atoms with E-state index in [2.05, 4.69) is 21.2 Å². The Hall–Kier alpha value is -3.35. The predicted molar refractivity (Wildman–Crippen MR) is 122 cm³/mol. The highest BCUT2D eigenvalue weighted by atomic mass is 32.2. The van der Waals surface area contributed by atoms with Gasteiger partial charge in [0.2, 0.25) is 10.0 Å². The van der Waals surface area contributed by atoms with Crippen molar-refractivity contribution in [1.29, 1.82) is 0 Å². The van der Waals surface area contributed by atoms with Gasteiger partial charge in [-0.25, -0.2) is 8.42 Å². The van der Waals surface area contributed by atoms with E-state index < -0.39 is 33.8 Å². The van der Waals surface area contributed by atoms with Crippen LogP contribution < -0.4 is 16.2 Å². The molecule has 182 valence electrons. The van der Waals surface area contributed by atoms with Crippen LogP contribution in [0.15, 0.2) is 53.6 Å². The molecule has 1 aliphatic heterocycles. The first kappa shape index (κ1) is 25.3. The van der Waals surface area contributed by atoms with Gasteiger partial charge < -0.3 is 10.1 Å². The Balaban J connectivity index is 1.68. The topological polar surface area (TPSA) is 147 Å². The normalized spacial score (nSPS) is 15.4. The van der Waals surface area contributed by atoms with Crippen LogP contribution in [0.2, 0.25) is 0 Å². The smallest absolute Gasteiger partial charge is 0.288 e. The number of amides is 3. The number of benzene rings is 1. The van der Waals surface area contributed by atoms with Gasteiger partial charge in [-0.3, -0.25) is 30.2 Å². The first-order valence-corrected chi connectivity index (χ1v) is 12.1. The molecular formula is C22H27N5O6S. The van der Waals surface area contributed by atoms with Crippen LogP contribution in [0.1, 0.15) is 34.7 Å². The lowest BCUT2D eigenvalue weighted by molar-refractivity contribution is -0.124. The molecule has 2 heterocycles. The molecule has 0 spiro atoms. The van der Waals surface area contributed by atoms with Crippen molar-refractivity contribution < 1.29 is 27.5 Å². The number of carbonyl (C=O) groups excluding carboxylic acids is 3. The second-order valence-corrected chi connectivity index (χ2v) is 9.84. The predicted octanol–water partition coefficient (Wildman–Crippen LogP) is 0.318. The molecular weight excluding hydrogens is 462 g/mol. The van der Waals surface area contributed by atoms with Crippen LogP contribution >= 0.6 is 0 Å². The Bertz CT molecular complexity index is 1130. The molecule has 1 aliphatic rings. The van der Waals surface area contributed by atoms with Gasteiger partial charge in [0.1, 0.15) is 11.7 Å². The fourth-order valence-corrected chi connectivity index (χ4v) is 4.70. The van der Waals surface area contributed by atoms with E-state index in [1.54, 1.807) is 26.0 Å². The molecule has 2 aromatic rings. The van der Waals surface area contributed by atoms with Crippen molar-refractivity contribution >= 4 is 27.7 Å². The largest absolute Gasteiger partial charge is 0.379 e. The number of sulfonamides is 1. The minimum Gasteiger partial charge on any atom is -0.379 e. The third-order valence-electron chi connectivity index (χ3n) is 5.14. The molecule has 1 aromatic heterocycles. The lowest BCUT2D eigenvalue weighted by Gasteiger charge is -2.26. The number of pyridine rings is 1. The molecule has 0 bridgehead atoms. The van der Waals surface area contributed by atoms with Crippen LogP contribution in [0.3, 0.4) is 0 Å². The Labute approximate surface area is 197 Å². The number of carbonyl (C=O) groups is 3. The van der Waals surface area contributed by atoms with Gasteiger partial charge >= 0.3 is 0 Å². The van der Waals surface area contributed by atoms with E-state index in [4.69, 9.17) is 4.74 Å². The zero-order chi connectivity index (χ0) is 24.7. The van der Waals surface area contributed by atoms with E-state index in [0.29, 0.717) is 13.2 Å². The Morgan fingerprint density at radius 3 is 2.38 bits per heavy atom. The highest BCUT2D eigenvalue weighted by molar-refractivity contribution is 7.89. The number of rotatable bonds is 7. The average molecular weight is 490 g/mol. The number of hydrazine groups is 1. The van der Waals surface area contributed by atoms with E-state index in [1.165, 1.54) is 40.8 Å². The molecule has 0 radical (unpaired) electrons. The van der Waals surface area contributed by atoms with Gasteiger partial charge in [-0.15, -0.1) is 0 Å². The third kappa shape index (κ3) is 6.16. The van der Waals surface area contributed by atoms with Gasteiger partial charge in [-0.2, -0.15) is 4.31 Å². The summed E-state index contributed by atoms with van der Waals surface area (Å²) in [6, 6.07) is 9.41. The minimum atomic E-state index is -3.78. The number of aromatic nitrogens is 1. The Morgan fingerprint density at radius 2 is 1.74 bits per heavy atom. The number of morpholine rings is 1. The molecule has 1 atom stereocenters. The van der Waals surface area contributed by atoms with E-state index in [0.717, 1.165) is 0 Å². The molecule has 0 unspecified atom stereocenters.